The zero-order valence-electron chi connectivity index (χ0n) is 22.4. The van der Waals surface area contributed by atoms with Gasteiger partial charge in [-0.2, -0.15) is 0 Å². The molecule has 10 heteroatoms. The Bertz CT molecular complexity index is 897. The lowest BCUT2D eigenvalue weighted by molar-refractivity contribution is -0.576. The van der Waals surface area contributed by atoms with Crippen LogP contribution in [0.4, 0.5) is 0 Å². The second-order valence-corrected chi connectivity index (χ2v) is 11.7. The summed E-state index contributed by atoms with van der Waals surface area (Å²) < 4.78 is 23.5. The van der Waals surface area contributed by atoms with Crippen LogP contribution in [0.2, 0.25) is 0 Å². The fraction of sp³-hybridized carbons (Fsp3) is 0.889. The molecule has 0 unspecified atom stereocenters. The number of likely N-dealkylation sites (tertiary alicyclic amines) is 1. The maximum Gasteiger partial charge on any atom is 0.310 e. The molecule has 6 fully saturated rings. The lowest BCUT2D eigenvalue weighted by atomic mass is 9.58. The van der Waals surface area contributed by atoms with E-state index in [0.29, 0.717) is 38.5 Å². The van der Waals surface area contributed by atoms with E-state index >= 15 is 0 Å². The fourth-order valence-corrected chi connectivity index (χ4v) is 7.22. The summed E-state index contributed by atoms with van der Waals surface area (Å²) in [6, 6.07) is 0. The van der Waals surface area contributed by atoms with Crippen molar-refractivity contribution in [3.63, 3.8) is 0 Å². The number of nitrogens with zero attached hydrogens (tertiary/aromatic N) is 1. The summed E-state index contributed by atoms with van der Waals surface area (Å²) in [5.74, 6) is -1.48. The van der Waals surface area contributed by atoms with Gasteiger partial charge in [-0.3, -0.25) is 14.4 Å². The number of carbonyl (C=O) groups excluding carboxylic acids is 3. The molecule has 5 saturated heterocycles. The van der Waals surface area contributed by atoms with Crippen LogP contribution < -0.4 is 0 Å². The Morgan fingerprint density at radius 1 is 1.03 bits per heavy atom. The van der Waals surface area contributed by atoms with E-state index in [2.05, 4.69) is 6.92 Å². The lowest BCUT2D eigenvalue weighted by Gasteiger charge is -2.59. The Kier molecular flexibility index (Phi) is 7.57. The molecule has 6 aliphatic rings. The van der Waals surface area contributed by atoms with Gasteiger partial charge in [-0.05, 0) is 57.8 Å². The molecular weight excluding hydrogens is 482 g/mol. The molecule has 9 atom stereocenters. The second-order valence-electron chi connectivity index (χ2n) is 11.7. The van der Waals surface area contributed by atoms with Gasteiger partial charge in [-0.15, -0.1) is 0 Å². The molecule has 10 nitrogen and oxygen atoms in total. The predicted octanol–water partition coefficient (Wildman–Crippen LogP) is 3.32. The van der Waals surface area contributed by atoms with Crippen molar-refractivity contribution in [2.24, 2.45) is 29.6 Å². The van der Waals surface area contributed by atoms with Crippen molar-refractivity contribution >= 4 is 17.8 Å². The molecule has 0 N–H and O–H groups in total. The summed E-state index contributed by atoms with van der Waals surface area (Å²) in [4.78, 5) is 51.3. The van der Waals surface area contributed by atoms with Crippen LogP contribution in [0, 0.1) is 29.6 Å². The molecule has 37 heavy (non-hydrogen) atoms. The first-order chi connectivity index (χ1) is 17.7. The van der Waals surface area contributed by atoms with Crippen LogP contribution >= 0.6 is 0 Å². The summed E-state index contributed by atoms with van der Waals surface area (Å²) in [6.45, 7) is 9.14. The average Bonchev–Trinajstić information content (AvgIpc) is 3.11. The van der Waals surface area contributed by atoms with Crippen LogP contribution in [0.25, 0.3) is 0 Å². The number of rotatable bonds is 6. The first kappa shape index (κ1) is 26.8. The van der Waals surface area contributed by atoms with Crippen LogP contribution in [-0.2, 0) is 43.1 Å². The third-order valence-corrected chi connectivity index (χ3v) is 9.28. The maximum atomic E-state index is 12.8. The lowest BCUT2D eigenvalue weighted by Crippen LogP contribution is -2.70. The summed E-state index contributed by atoms with van der Waals surface area (Å²) in [5, 5.41) is 0. The van der Waals surface area contributed by atoms with Crippen molar-refractivity contribution < 1.29 is 43.1 Å². The van der Waals surface area contributed by atoms with E-state index in [9.17, 15) is 14.4 Å². The van der Waals surface area contributed by atoms with Crippen LogP contribution in [0.15, 0.2) is 0 Å². The van der Waals surface area contributed by atoms with Crippen LogP contribution in [-0.4, -0.2) is 66.4 Å². The molecule has 0 aromatic heterocycles. The van der Waals surface area contributed by atoms with E-state index in [4.69, 9.17) is 28.7 Å². The highest BCUT2D eigenvalue weighted by atomic mass is 17.3. The zero-order valence-corrected chi connectivity index (χ0v) is 22.4. The molecule has 208 valence electrons. The van der Waals surface area contributed by atoms with Gasteiger partial charge < -0.3 is 23.8 Å². The minimum Gasteiger partial charge on any atom is -0.466 e. The minimum absolute atomic E-state index is 0.0252. The van der Waals surface area contributed by atoms with Gasteiger partial charge in [0.1, 0.15) is 0 Å². The third kappa shape index (κ3) is 4.90. The quantitative estimate of drug-likeness (QED) is 0.382. The Morgan fingerprint density at radius 3 is 2.62 bits per heavy atom. The number of amides is 1. The molecule has 0 radical (unpaired) electrons. The number of piperidine rings is 1. The summed E-state index contributed by atoms with van der Waals surface area (Å²) in [7, 11) is 0. The molecule has 0 aromatic rings. The van der Waals surface area contributed by atoms with Gasteiger partial charge in [-0.25, -0.2) is 9.78 Å². The predicted molar refractivity (Wildman–Crippen MR) is 128 cm³/mol. The fourth-order valence-electron chi connectivity index (χ4n) is 7.22. The molecular formula is C27H41NO9. The van der Waals surface area contributed by atoms with Crippen molar-refractivity contribution in [3.8, 4) is 0 Å². The van der Waals surface area contributed by atoms with Gasteiger partial charge in [0.25, 0.3) is 0 Å². The van der Waals surface area contributed by atoms with Gasteiger partial charge in [-0.1, -0.05) is 13.8 Å². The molecule has 6 rings (SSSR count). The van der Waals surface area contributed by atoms with Crippen molar-refractivity contribution in [2.75, 3.05) is 19.7 Å². The van der Waals surface area contributed by atoms with E-state index in [1.807, 2.05) is 13.8 Å². The summed E-state index contributed by atoms with van der Waals surface area (Å²) in [6.07, 6.45) is 3.57. The Balaban J connectivity index is 1.19. The SMILES string of the molecule is CCOC(=O)[C@@H]1CCCN(C(=O)CCC(=O)O[C@@H]2O[C@@H]3O[C@@]4(C)CC[C@H]5[C@H](C)CC[C@H]([C@H]2C)[C@@]35OO4)C1. The van der Waals surface area contributed by atoms with E-state index in [1.54, 1.807) is 11.8 Å². The molecule has 5 heterocycles. The van der Waals surface area contributed by atoms with E-state index in [1.165, 1.54) is 0 Å². The van der Waals surface area contributed by atoms with Crippen molar-refractivity contribution in [3.05, 3.63) is 0 Å². The zero-order chi connectivity index (χ0) is 26.4. The smallest absolute Gasteiger partial charge is 0.310 e. The van der Waals surface area contributed by atoms with Crippen LogP contribution in [0.5, 0.6) is 0 Å². The number of carbonyl (C=O) groups is 3. The van der Waals surface area contributed by atoms with E-state index in [0.717, 1.165) is 25.7 Å². The number of ether oxygens (including phenoxy) is 4. The van der Waals surface area contributed by atoms with Gasteiger partial charge in [0.2, 0.25) is 18.0 Å². The number of fused-ring (bicyclic) bond motifs is 2. The maximum absolute atomic E-state index is 12.8. The molecule has 1 spiro atoms. The molecule has 2 bridgehead atoms. The standard InChI is InChI=1S/C27H41NO9/c1-5-32-23(31)18-7-6-14-28(15-18)21(29)10-11-22(30)33-24-17(3)20-9-8-16(2)19-12-13-26(4)35-25(34-24)27(19,20)37-36-26/h16-20,24-25H,5-15H2,1-4H3/t16-,17-,18-,19+,20-,24-,25-,26-,27-/m1/s1. The minimum atomic E-state index is -0.894. The molecule has 1 saturated carbocycles. The Labute approximate surface area is 218 Å². The van der Waals surface area contributed by atoms with Gasteiger partial charge in [0.05, 0.1) is 18.9 Å². The number of esters is 2. The average molecular weight is 524 g/mol. The van der Waals surface area contributed by atoms with Gasteiger partial charge >= 0.3 is 11.9 Å². The van der Waals surface area contributed by atoms with Crippen molar-refractivity contribution in [2.45, 2.75) is 103 Å². The normalized spacial score (nSPS) is 42.9. The Hall–Kier alpha value is -1.75. The highest BCUT2D eigenvalue weighted by Crippen LogP contribution is 2.60. The molecule has 5 aliphatic heterocycles. The topological polar surface area (TPSA) is 110 Å². The Morgan fingerprint density at radius 2 is 1.84 bits per heavy atom. The number of hydrogen-bond donors (Lipinski definition) is 0. The molecule has 1 aliphatic carbocycles. The second kappa shape index (κ2) is 10.4. The highest BCUT2D eigenvalue weighted by Gasteiger charge is 2.69. The molecule has 1 amide bonds. The first-order valence-corrected chi connectivity index (χ1v) is 14.0. The first-order valence-electron chi connectivity index (χ1n) is 14.0. The molecule has 0 aromatic carbocycles. The van der Waals surface area contributed by atoms with E-state index in [-0.39, 0.29) is 48.4 Å². The monoisotopic (exact) mass is 523 g/mol. The van der Waals surface area contributed by atoms with Crippen molar-refractivity contribution in [1.29, 1.82) is 0 Å². The van der Waals surface area contributed by atoms with Crippen LogP contribution in [0.3, 0.4) is 0 Å². The third-order valence-electron chi connectivity index (χ3n) is 9.28. The summed E-state index contributed by atoms with van der Waals surface area (Å²) in [5.41, 5.74) is -0.713. The van der Waals surface area contributed by atoms with Gasteiger partial charge in [0.15, 0.2) is 11.9 Å². The van der Waals surface area contributed by atoms with Crippen LogP contribution in [0.1, 0.15) is 79.1 Å². The van der Waals surface area contributed by atoms with Crippen molar-refractivity contribution in [1.82, 2.24) is 4.90 Å². The largest absolute Gasteiger partial charge is 0.466 e. The highest BCUT2D eigenvalue weighted by molar-refractivity contribution is 5.82. The number of hydrogen-bond acceptors (Lipinski definition) is 9. The van der Waals surface area contributed by atoms with E-state index < -0.39 is 29.9 Å². The summed E-state index contributed by atoms with van der Waals surface area (Å²) >= 11 is 0. The van der Waals surface area contributed by atoms with Gasteiger partial charge in [0, 0.05) is 37.8 Å².